The maximum atomic E-state index is 14.8. The zero-order chi connectivity index (χ0) is 46.2. The van der Waals surface area contributed by atoms with Crippen LogP contribution in [0.2, 0.25) is 0 Å². The fraction of sp³-hybridized carbons (Fsp3) is 0.0690. The molecule has 9 heteroatoms. The van der Waals surface area contributed by atoms with E-state index in [-0.39, 0.29) is 9.79 Å². The molecule has 9 rings (SSSR count). The largest absolute Gasteiger partial charge is 0.497 e. The van der Waals surface area contributed by atoms with Gasteiger partial charge in [-0.15, -0.1) is 0 Å². The lowest BCUT2D eigenvalue weighted by Gasteiger charge is -2.20. The summed E-state index contributed by atoms with van der Waals surface area (Å²) in [5, 5.41) is 2.33. The van der Waals surface area contributed by atoms with E-state index >= 15 is 0 Å². The van der Waals surface area contributed by atoms with Gasteiger partial charge in [0.15, 0.2) is 7.14 Å². The third kappa shape index (κ3) is 10.6. The molecule has 1 atom stereocenters. The molecular weight excluding hydrogens is 872 g/mol. The Morgan fingerprint density at radius 3 is 0.985 bits per heavy atom. The molecular formula is C58H47O7PS. The number of hydrogen-bond donors (Lipinski definition) is 0. The van der Waals surface area contributed by atoms with Crippen LogP contribution >= 0.6 is 7.14 Å². The van der Waals surface area contributed by atoms with Gasteiger partial charge < -0.3 is 23.5 Å². The van der Waals surface area contributed by atoms with Crippen LogP contribution in [0.25, 0.3) is 0 Å². The van der Waals surface area contributed by atoms with E-state index in [9.17, 15) is 13.0 Å². The fourth-order valence-corrected chi connectivity index (χ4v) is 11.6. The summed E-state index contributed by atoms with van der Waals surface area (Å²) in [5.41, 5.74) is 5.65. The molecule has 0 aliphatic rings. The van der Waals surface area contributed by atoms with Crippen LogP contribution in [0, 0.1) is 6.92 Å². The predicted molar refractivity (Wildman–Crippen MR) is 267 cm³/mol. The van der Waals surface area contributed by atoms with E-state index in [0.717, 1.165) is 50.3 Å². The maximum absolute atomic E-state index is 14.8. The average molecular weight is 919 g/mol. The highest BCUT2D eigenvalue weighted by atomic mass is 32.2. The summed E-state index contributed by atoms with van der Waals surface area (Å²) < 4.78 is 65.3. The van der Waals surface area contributed by atoms with E-state index in [4.69, 9.17) is 18.9 Å². The molecule has 1 unspecified atom stereocenters. The number of hydrogen-bond acceptors (Lipinski definition) is 7. The minimum Gasteiger partial charge on any atom is -0.497 e. The van der Waals surface area contributed by atoms with Crippen LogP contribution in [0.3, 0.4) is 0 Å². The number of sulfone groups is 1. The molecule has 0 bridgehead atoms. The van der Waals surface area contributed by atoms with Crippen LogP contribution in [0.1, 0.15) is 27.8 Å². The Balaban J connectivity index is 0.764. The first-order chi connectivity index (χ1) is 32.6. The highest BCUT2D eigenvalue weighted by Gasteiger charge is 2.29. The summed E-state index contributed by atoms with van der Waals surface area (Å²) in [4.78, 5) is 0.327. The van der Waals surface area contributed by atoms with Gasteiger partial charge in [0.2, 0.25) is 9.84 Å². The highest BCUT2D eigenvalue weighted by molar-refractivity contribution is 7.91. The Morgan fingerprint density at radius 2 is 0.642 bits per heavy atom. The molecule has 0 amide bonds. The van der Waals surface area contributed by atoms with Crippen LogP contribution in [0.5, 0.6) is 40.2 Å². The molecule has 9 aromatic rings. The minimum absolute atomic E-state index is 0.162. The van der Waals surface area contributed by atoms with Crippen molar-refractivity contribution in [2.24, 2.45) is 0 Å². The molecule has 67 heavy (non-hydrogen) atoms. The molecule has 0 saturated heterocycles. The van der Waals surface area contributed by atoms with Crippen LogP contribution in [-0.2, 0) is 27.2 Å². The van der Waals surface area contributed by atoms with Crippen molar-refractivity contribution in [1.29, 1.82) is 0 Å². The molecule has 0 aliphatic carbocycles. The standard InChI is InChI=1S/C58H47O7PS/c1-42-8-32-55(33-9-42)66(59,54-6-4-3-5-7-54)56-34-26-51(27-35-56)63-48-20-12-45(13-21-48)41-46-16-24-50(25-17-46)65-53-30-38-58(39-31-53)67(60,61)57-36-28-52(29-37-57)64-49-22-14-44(15-23-49)40-43-10-18-47(62-2)19-11-43/h3-39H,40-41H2,1-2H3. The number of rotatable bonds is 16. The molecule has 9 aromatic carbocycles. The summed E-state index contributed by atoms with van der Waals surface area (Å²) in [7, 11) is -5.20. The van der Waals surface area contributed by atoms with Crippen molar-refractivity contribution in [3.63, 3.8) is 0 Å². The lowest BCUT2D eigenvalue weighted by atomic mass is 10.0. The van der Waals surface area contributed by atoms with Gasteiger partial charge in [0.25, 0.3) is 0 Å². The molecule has 0 radical (unpaired) electrons. The quantitative estimate of drug-likeness (QED) is 0.0892. The fourth-order valence-electron chi connectivity index (χ4n) is 7.72. The highest BCUT2D eigenvalue weighted by Crippen LogP contribution is 2.43. The van der Waals surface area contributed by atoms with Gasteiger partial charge in [0.1, 0.15) is 40.2 Å². The minimum atomic E-state index is -3.77. The Labute approximate surface area is 392 Å². The van der Waals surface area contributed by atoms with E-state index in [1.165, 1.54) is 5.56 Å². The summed E-state index contributed by atoms with van der Waals surface area (Å²) in [6, 6.07) is 69.6. The topological polar surface area (TPSA) is 88.1 Å². The van der Waals surface area contributed by atoms with E-state index in [1.54, 1.807) is 55.6 Å². The second-order valence-corrected chi connectivity index (χ2v) is 20.9. The first-order valence-electron chi connectivity index (χ1n) is 21.8. The number of benzene rings is 9. The van der Waals surface area contributed by atoms with Crippen molar-refractivity contribution >= 4 is 32.9 Å². The second kappa shape index (κ2) is 19.8. The molecule has 0 heterocycles. The van der Waals surface area contributed by atoms with Crippen LogP contribution in [0.15, 0.2) is 234 Å². The summed E-state index contributed by atoms with van der Waals surface area (Å²) in [6.45, 7) is 2.03. The average Bonchev–Trinajstić information content (AvgIpc) is 3.37. The van der Waals surface area contributed by atoms with Crippen molar-refractivity contribution in [3.05, 3.63) is 252 Å². The van der Waals surface area contributed by atoms with Crippen LogP contribution < -0.4 is 34.9 Å². The van der Waals surface area contributed by atoms with Crippen LogP contribution in [-0.4, -0.2) is 15.5 Å². The number of ether oxygens (including phenoxy) is 4. The molecule has 0 spiro atoms. The zero-order valence-corrected chi connectivity index (χ0v) is 38.7. The lowest BCUT2D eigenvalue weighted by molar-refractivity contribution is 0.414. The van der Waals surface area contributed by atoms with E-state index < -0.39 is 17.0 Å². The first kappa shape index (κ1) is 44.6. The molecule has 0 aliphatic heterocycles. The van der Waals surface area contributed by atoms with Crippen molar-refractivity contribution < 1.29 is 31.9 Å². The molecule has 332 valence electrons. The second-order valence-electron chi connectivity index (χ2n) is 16.2. The number of aryl methyl sites for hydroxylation is 1. The smallest absolute Gasteiger partial charge is 0.206 e. The Morgan fingerprint density at radius 1 is 0.358 bits per heavy atom. The van der Waals surface area contributed by atoms with Gasteiger partial charge in [-0.2, -0.15) is 0 Å². The van der Waals surface area contributed by atoms with Crippen LogP contribution in [0.4, 0.5) is 0 Å². The van der Waals surface area contributed by atoms with Crippen molar-refractivity contribution in [3.8, 4) is 40.2 Å². The van der Waals surface area contributed by atoms with Crippen molar-refractivity contribution in [2.75, 3.05) is 7.11 Å². The van der Waals surface area contributed by atoms with E-state index in [1.807, 2.05) is 183 Å². The maximum Gasteiger partial charge on any atom is 0.206 e. The zero-order valence-electron chi connectivity index (χ0n) is 37.0. The molecule has 7 nitrogen and oxygen atoms in total. The molecule has 0 saturated carbocycles. The van der Waals surface area contributed by atoms with Gasteiger partial charge in [0, 0.05) is 15.9 Å². The van der Waals surface area contributed by atoms with Gasteiger partial charge in [-0.1, -0.05) is 109 Å². The summed E-state index contributed by atoms with van der Waals surface area (Å²) in [5.74, 6) is 4.53. The molecule has 0 aromatic heterocycles. The van der Waals surface area contributed by atoms with Gasteiger partial charge in [-0.25, -0.2) is 8.42 Å². The van der Waals surface area contributed by atoms with Gasteiger partial charge in [0.05, 0.1) is 16.9 Å². The Bertz CT molecular complexity index is 3210. The summed E-state index contributed by atoms with van der Waals surface area (Å²) >= 11 is 0. The summed E-state index contributed by atoms with van der Waals surface area (Å²) in [6.07, 6.45) is 1.49. The SMILES string of the molecule is COc1ccc(Cc2ccc(Oc3ccc(S(=O)(=O)c4ccc(Oc5ccc(Cc6ccc(Oc7ccc(P(=O)(c8ccccc8)c8ccc(C)cc8)cc7)cc6)cc5)cc4)cc3)cc2)cc1. The third-order valence-electron chi connectivity index (χ3n) is 11.4. The normalized spacial score (nSPS) is 12.1. The van der Waals surface area contributed by atoms with E-state index in [2.05, 4.69) is 0 Å². The predicted octanol–water partition coefficient (Wildman–Crippen LogP) is 13.0. The lowest BCUT2D eigenvalue weighted by Crippen LogP contribution is -2.24. The number of methoxy groups -OCH3 is 1. The third-order valence-corrected chi connectivity index (χ3v) is 16.3. The molecule has 0 N–H and O–H groups in total. The first-order valence-corrected chi connectivity index (χ1v) is 25.0. The Hall–Kier alpha value is -7.64. The van der Waals surface area contributed by atoms with Gasteiger partial charge in [-0.05, 0) is 163 Å². The Kier molecular flexibility index (Phi) is 13.2. The monoisotopic (exact) mass is 918 g/mol. The van der Waals surface area contributed by atoms with Gasteiger partial charge in [-0.3, -0.25) is 0 Å². The van der Waals surface area contributed by atoms with E-state index in [0.29, 0.717) is 40.9 Å². The van der Waals surface area contributed by atoms with Crippen molar-refractivity contribution in [2.45, 2.75) is 29.6 Å². The van der Waals surface area contributed by atoms with Gasteiger partial charge >= 0.3 is 0 Å². The van der Waals surface area contributed by atoms with Crippen molar-refractivity contribution in [1.82, 2.24) is 0 Å². The molecule has 0 fully saturated rings.